The molecule has 8 atom stereocenters. The first kappa shape index (κ1) is 60.0. The normalized spacial score (nSPS) is 22.2. The molecular weight excluding hydrogens is 852 g/mol. The van der Waals surface area contributed by atoms with Crippen LogP contribution in [0, 0.1) is 0 Å². The van der Waals surface area contributed by atoms with Gasteiger partial charge in [0.2, 0.25) is 0 Å². The molecule has 13 nitrogen and oxygen atoms in total. The first-order chi connectivity index (χ1) is 31.4. The Kier molecular flexibility index (Phi) is 37.1. The number of carbonyl (C=O) groups is 2. The summed E-state index contributed by atoms with van der Waals surface area (Å²) < 4.78 is 33.4. The van der Waals surface area contributed by atoms with Gasteiger partial charge in [-0.3, -0.25) is 18.6 Å². The Morgan fingerprint density at radius 1 is 0.477 bits per heavy atom. The lowest BCUT2D eigenvalue weighted by Gasteiger charge is -2.41. The predicted molar refractivity (Wildman–Crippen MR) is 258 cm³/mol. The van der Waals surface area contributed by atoms with Crippen molar-refractivity contribution in [3.05, 3.63) is 85.1 Å². The second-order valence-corrected chi connectivity index (χ2v) is 18.0. The lowest BCUT2D eigenvalue weighted by atomic mass is 9.85. The summed E-state index contributed by atoms with van der Waals surface area (Å²) in [7, 11) is -5.15. The molecule has 0 bridgehead atoms. The van der Waals surface area contributed by atoms with E-state index in [1.54, 1.807) is 0 Å². The van der Waals surface area contributed by atoms with E-state index in [0.717, 1.165) is 38.5 Å². The number of esters is 2. The smallest absolute Gasteiger partial charge is 0.462 e. The fraction of sp³-hybridized carbons (Fsp3) is 0.686. The fourth-order valence-electron chi connectivity index (χ4n) is 6.78. The number of aliphatic hydroxyl groups is 5. The van der Waals surface area contributed by atoms with Crippen molar-refractivity contribution in [1.82, 2.24) is 0 Å². The van der Waals surface area contributed by atoms with Crippen molar-refractivity contribution in [1.29, 1.82) is 0 Å². The zero-order chi connectivity index (χ0) is 47.8. The minimum Gasteiger partial charge on any atom is -0.462 e. The Morgan fingerprint density at radius 2 is 0.862 bits per heavy atom. The molecule has 0 amide bonds. The zero-order valence-corrected chi connectivity index (χ0v) is 40.4. The Balaban J connectivity index is 2.53. The van der Waals surface area contributed by atoms with Crippen molar-refractivity contribution in [2.24, 2.45) is 0 Å². The average molecular weight is 937 g/mol. The molecule has 0 spiro atoms. The summed E-state index contributed by atoms with van der Waals surface area (Å²) in [5.41, 5.74) is 0. The van der Waals surface area contributed by atoms with Gasteiger partial charge >= 0.3 is 19.8 Å². The van der Waals surface area contributed by atoms with E-state index in [1.807, 2.05) is 24.3 Å². The van der Waals surface area contributed by atoms with E-state index in [0.29, 0.717) is 25.7 Å². The number of unbranched alkanes of at least 4 members (excludes halogenated alkanes) is 13. The van der Waals surface area contributed by atoms with Gasteiger partial charge in [0.25, 0.3) is 0 Å². The van der Waals surface area contributed by atoms with Gasteiger partial charge in [-0.05, 0) is 77.0 Å². The van der Waals surface area contributed by atoms with E-state index in [-0.39, 0.29) is 12.8 Å². The highest BCUT2D eigenvalue weighted by molar-refractivity contribution is 7.47. The highest BCUT2D eigenvalue weighted by atomic mass is 31.2. The summed E-state index contributed by atoms with van der Waals surface area (Å²) in [5.74, 6) is -1.25. The molecule has 1 fully saturated rings. The summed E-state index contributed by atoms with van der Waals surface area (Å²) >= 11 is 0. The standard InChI is InChI=1S/C51H85O13P/c1-3-5-7-9-11-13-15-17-19-21-22-24-26-28-30-32-34-36-38-40-45(53)63-43(42-62-65(59,60)64-51-49(57)47(55)46(54)48(56)50(51)58)41-61-44(52)39-37-35-33-31-29-27-25-23-20-18-16-14-12-10-8-6-4-2/h11,13,17,19,22,24-25,27-28,30-31,33-34,36,43,46-51,54-58H,3-10,12,14-16,18,20-21,23,26,29,32,35,37-42H2,1-2H3,(H,59,60)/b13-11+,19-17+,24-22+,27-25+,30-28+,33-31+,36-34+/t43-,46?,47-,48?,49?,50?,51?/m1/s1. The van der Waals surface area contributed by atoms with Crippen molar-refractivity contribution >= 4 is 19.8 Å². The van der Waals surface area contributed by atoms with E-state index in [9.17, 15) is 44.6 Å². The maximum Gasteiger partial charge on any atom is 0.472 e. The van der Waals surface area contributed by atoms with Crippen LogP contribution in [0.1, 0.15) is 168 Å². The molecule has 1 rings (SSSR count). The first-order valence-corrected chi connectivity index (χ1v) is 25.9. The molecule has 6 unspecified atom stereocenters. The van der Waals surface area contributed by atoms with Crippen molar-refractivity contribution < 1.29 is 63.1 Å². The highest BCUT2D eigenvalue weighted by Crippen LogP contribution is 2.47. The Bertz CT molecular complexity index is 1460. The number of hydrogen-bond acceptors (Lipinski definition) is 12. The SMILES string of the molecule is CCCCC/C=C/C/C=C/C/C=C/C/C=C/C/C=C/CCC(=O)O[C@H](COC(=O)CCC/C=C/C/C=C/CCCCCCCCCCC)COP(=O)(O)OC1C(O)C(O)C(O)[C@@H](O)C1O. The summed E-state index contributed by atoms with van der Waals surface area (Å²) in [6.07, 6.45) is 39.4. The van der Waals surface area contributed by atoms with Crippen LogP contribution in [0.5, 0.6) is 0 Å². The van der Waals surface area contributed by atoms with E-state index in [2.05, 4.69) is 74.6 Å². The van der Waals surface area contributed by atoms with E-state index < -0.39 is 75.7 Å². The van der Waals surface area contributed by atoms with Crippen molar-refractivity contribution in [2.75, 3.05) is 13.2 Å². The molecule has 0 saturated heterocycles. The molecule has 1 aliphatic carbocycles. The minimum atomic E-state index is -5.15. The van der Waals surface area contributed by atoms with Crippen LogP contribution in [-0.2, 0) is 32.7 Å². The second-order valence-electron chi connectivity index (χ2n) is 16.6. The van der Waals surface area contributed by atoms with E-state index in [1.165, 1.54) is 77.0 Å². The lowest BCUT2D eigenvalue weighted by molar-refractivity contribution is -0.220. The molecule has 372 valence electrons. The van der Waals surface area contributed by atoms with Gasteiger partial charge in [0.15, 0.2) is 6.10 Å². The monoisotopic (exact) mass is 937 g/mol. The molecule has 0 aromatic heterocycles. The summed E-state index contributed by atoms with van der Waals surface area (Å²) in [5, 5.41) is 50.2. The molecule has 6 N–H and O–H groups in total. The lowest BCUT2D eigenvalue weighted by Crippen LogP contribution is -2.64. The zero-order valence-electron chi connectivity index (χ0n) is 39.5. The van der Waals surface area contributed by atoms with E-state index in [4.69, 9.17) is 18.5 Å². The topological polar surface area (TPSA) is 210 Å². The van der Waals surface area contributed by atoms with Crippen LogP contribution in [0.4, 0.5) is 0 Å². The van der Waals surface area contributed by atoms with Crippen molar-refractivity contribution in [3.8, 4) is 0 Å². The van der Waals surface area contributed by atoms with Crippen LogP contribution in [0.3, 0.4) is 0 Å². The van der Waals surface area contributed by atoms with Crippen LogP contribution in [0.2, 0.25) is 0 Å². The van der Waals surface area contributed by atoms with Gasteiger partial charge in [-0.1, -0.05) is 163 Å². The molecule has 1 aliphatic rings. The number of hydrogen-bond donors (Lipinski definition) is 6. The Morgan fingerprint density at radius 3 is 1.35 bits per heavy atom. The van der Waals surface area contributed by atoms with Gasteiger partial charge in [0.1, 0.15) is 43.2 Å². The molecule has 0 aromatic rings. The number of carbonyl (C=O) groups excluding carboxylic acids is 2. The molecule has 65 heavy (non-hydrogen) atoms. The highest BCUT2D eigenvalue weighted by Gasteiger charge is 2.51. The third kappa shape index (κ3) is 32.4. The van der Waals surface area contributed by atoms with Crippen LogP contribution >= 0.6 is 7.82 Å². The summed E-state index contributed by atoms with van der Waals surface area (Å²) in [6, 6.07) is 0. The fourth-order valence-corrected chi connectivity index (χ4v) is 7.75. The number of allylic oxidation sites excluding steroid dienone is 14. The molecule has 1 saturated carbocycles. The third-order valence-electron chi connectivity index (χ3n) is 10.7. The maximum absolute atomic E-state index is 12.8. The number of rotatable bonds is 39. The minimum absolute atomic E-state index is 0.0395. The predicted octanol–water partition coefficient (Wildman–Crippen LogP) is 10.1. The summed E-state index contributed by atoms with van der Waals surface area (Å²) in [4.78, 5) is 35.7. The van der Waals surface area contributed by atoms with Gasteiger partial charge in [-0.15, -0.1) is 0 Å². The van der Waals surface area contributed by atoms with E-state index >= 15 is 0 Å². The molecule has 14 heteroatoms. The molecule has 0 aliphatic heterocycles. The van der Waals surface area contributed by atoms with Crippen LogP contribution < -0.4 is 0 Å². The first-order valence-electron chi connectivity index (χ1n) is 24.4. The number of phosphoric ester groups is 1. The average Bonchev–Trinajstić information content (AvgIpc) is 3.29. The van der Waals surface area contributed by atoms with Crippen LogP contribution in [-0.4, -0.2) is 98.3 Å². The Labute approximate surface area is 390 Å². The largest absolute Gasteiger partial charge is 0.472 e. The summed E-state index contributed by atoms with van der Waals surface area (Å²) in [6.45, 7) is 3.17. The van der Waals surface area contributed by atoms with Crippen molar-refractivity contribution in [3.63, 3.8) is 0 Å². The van der Waals surface area contributed by atoms with Gasteiger partial charge in [-0.25, -0.2) is 4.57 Å². The third-order valence-corrected chi connectivity index (χ3v) is 11.7. The number of ether oxygens (including phenoxy) is 2. The van der Waals surface area contributed by atoms with Crippen LogP contribution in [0.15, 0.2) is 85.1 Å². The maximum atomic E-state index is 12.8. The second kappa shape index (κ2) is 40.1. The molecule has 0 aromatic carbocycles. The quantitative estimate of drug-likeness (QED) is 0.0147. The molecule has 0 radical (unpaired) electrons. The molecular formula is C51H85O13P. The van der Waals surface area contributed by atoms with Gasteiger partial charge < -0.3 is 39.9 Å². The van der Waals surface area contributed by atoms with Crippen LogP contribution in [0.25, 0.3) is 0 Å². The Hall–Kier alpha value is -2.97. The van der Waals surface area contributed by atoms with Crippen molar-refractivity contribution in [2.45, 2.75) is 211 Å². The number of phosphoric acid groups is 1. The van der Waals surface area contributed by atoms with Gasteiger partial charge in [-0.2, -0.15) is 0 Å². The van der Waals surface area contributed by atoms with Gasteiger partial charge in [0.05, 0.1) is 6.61 Å². The molecule has 0 heterocycles. The number of aliphatic hydroxyl groups excluding tert-OH is 5. The van der Waals surface area contributed by atoms with Gasteiger partial charge in [0, 0.05) is 12.8 Å².